The Morgan fingerprint density at radius 3 is 1.52 bits per heavy atom. The van der Waals surface area contributed by atoms with Crippen LogP contribution in [0.2, 0.25) is 0 Å². The Morgan fingerprint density at radius 1 is 0.675 bits per heavy atom. The molecule has 0 aromatic heterocycles. The van der Waals surface area contributed by atoms with Crippen LogP contribution in [-0.2, 0) is 23.1 Å². The molecular formula is C27H53O12P. The molecule has 0 spiro atoms. The summed E-state index contributed by atoms with van der Waals surface area (Å²) >= 11 is 0. The third-order valence-electron chi connectivity index (χ3n) is 7.18. The second-order valence-electron chi connectivity index (χ2n) is 10.8. The average molecular weight is 601 g/mol. The Hall–Kier alpha value is -0.660. The van der Waals surface area contributed by atoms with Gasteiger partial charge in [-0.1, -0.05) is 96.8 Å². The summed E-state index contributed by atoms with van der Waals surface area (Å²) in [5.74, 6) is -0.507. The van der Waals surface area contributed by atoms with Gasteiger partial charge in [0.1, 0.15) is 49.3 Å². The molecule has 12 nitrogen and oxygen atoms in total. The van der Waals surface area contributed by atoms with Crippen molar-refractivity contribution in [1.29, 1.82) is 0 Å². The van der Waals surface area contributed by atoms with E-state index in [1.54, 1.807) is 0 Å². The van der Waals surface area contributed by atoms with Crippen LogP contribution in [0.5, 0.6) is 0 Å². The second-order valence-corrected chi connectivity index (χ2v) is 12.2. The zero-order valence-electron chi connectivity index (χ0n) is 23.9. The minimum atomic E-state index is -4.98. The molecule has 238 valence electrons. The molecule has 1 saturated carbocycles. The van der Waals surface area contributed by atoms with E-state index in [2.05, 4.69) is 16.0 Å². The molecule has 13 heteroatoms. The monoisotopic (exact) mass is 600 g/mol. The molecule has 6 atom stereocenters. The first-order chi connectivity index (χ1) is 19.0. The molecule has 0 heterocycles. The standard InChI is InChI=1S/C27H53O12P/c1-2-3-4-5-6-7-8-9-10-11-12-13-14-15-16-17-21(29)37-18-20(28)19-38-40(35,36)39-27-25(33)23(31)22(30)24(32)26(27)34/h20,22-28,30-34H,2-19H2,1H3,(H,35,36)/t20?,22?,23?,24?,25-,26-,27?/m0/s1. The lowest BCUT2D eigenvalue weighted by Crippen LogP contribution is -2.64. The van der Waals surface area contributed by atoms with Gasteiger partial charge in [-0.2, -0.15) is 0 Å². The molecule has 1 fully saturated rings. The van der Waals surface area contributed by atoms with Crippen LogP contribution in [0.25, 0.3) is 0 Å². The van der Waals surface area contributed by atoms with E-state index in [4.69, 9.17) is 4.74 Å². The van der Waals surface area contributed by atoms with Crippen LogP contribution in [0.1, 0.15) is 110 Å². The molecular weight excluding hydrogens is 547 g/mol. The van der Waals surface area contributed by atoms with Crippen molar-refractivity contribution < 1.29 is 58.7 Å². The number of hydrogen-bond acceptors (Lipinski definition) is 11. The van der Waals surface area contributed by atoms with E-state index in [-0.39, 0.29) is 6.42 Å². The number of hydrogen-bond donors (Lipinski definition) is 7. The predicted molar refractivity (Wildman–Crippen MR) is 147 cm³/mol. The Kier molecular flexibility index (Phi) is 19.7. The predicted octanol–water partition coefficient (Wildman–Crippen LogP) is 2.47. The number of phosphoric acid groups is 1. The van der Waals surface area contributed by atoms with Crippen molar-refractivity contribution in [3.8, 4) is 0 Å². The van der Waals surface area contributed by atoms with E-state index in [1.807, 2.05) is 0 Å². The Labute approximate surface area is 238 Å². The summed E-state index contributed by atoms with van der Waals surface area (Å²) in [5, 5.41) is 58.5. The molecule has 0 aromatic carbocycles. The van der Waals surface area contributed by atoms with E-state index >= 15 is 0 Å². The number of aliphatic hydroxyl groups excluding tert-OH is 6. The molecule has 0 bridgehead atoms. The van der Waals surface area contributed by atoms with Crippen LogP contribution >= 0.6 is 7.82 Å². The molecule has 0 aromatic rings. The highest BCUT2D eigenvalue weighted by Gasteiger charge is 2.51. The number of carbonyl (C=O) groups is 1. The summed E-state index contributed by atoms with van der Waals surface area (Å²) in [4.78, 5) is 21.7. The van der Waals surface area contributed by atoms with E-state index in [9.17, 15) is 44.9 Å². The maximum Gasteiger partial charge on any atom is 0.472 e. The smallest absolute Gasteiger partial charge is 0.463 e. The number of aliphatic hydroxyl groups is 6. The lowest BCUT2D eigenvalue weighted by molar-refractivity contribution is -0.220. The van der Waals surface area contributed by atoms with Crippen LogP contribution in [0.3, 0.4) is 0 Å². The van der Waals surface area contributed by atoms with Crippen LogP contribution in [-0.4, -0.2) is 97.4 Å². The van der Waals surface area contributed by atoms with Gasteiger partial charge in [-0.15, -0.1) is 0 Å². The first-order valence-electron chi connectivity index (χ1n) is 14.9. The highest BCUT2D eigenvalue weighted by molar-refractivity contribution is 7.47. The van der Waals surface area contributed by atoms with Gasteiger partial charge in [-0.05, 0) is 6.42 Å². The van der Waals surface area contributed by atoms with Gasteiger partial charge in [0, 0.05) is 6.42 Å². The molecule has 40 heavy (non-hydrogen) atoms. The largest absolute Gasteiger partial charge is 0.472 e. The van der Waals surface area contributed by atoms with Gasteiger partial charge in [-0.3, -0.25) is 13.8 Å². The summed E-state index contributed by atoms with van der Waals surface area (Å²) < 4.78 is 26.3. The maximum absolute atomic E-state index is 12.1. The lowest BCUT2D eigenvalue weighted by atomic mass is 9.85. The molecule has 1 aliphatic rings. The molecule has 0 saturated heterocycles. The maximum atomic E-state index is 12.1. The first kappa shape index (κ1) is 37.4. The third kappa shape index (κ3) is 15.5. The van der Waals surface area contributed by atoms with Crippen molar-refractivity contribution in [2.24, 2.45) is 0 Å². The van der Waals surface area contributed by atoms with E-state index < -0.39 is 69.7 Å². The summed E-state index contributed by atoms with van der Waals surface area (Å²) in [6.07, 6.45) is 5.23. The van der Waals surface area contributed by atoms with Crippen molar-refractivity contribution in [1.82, 2.24) is 0 Å². The number of unbranched alkanes of at least 4 members (excludes halogenated alkanes) is 14. The van der Waals surface area contributed by atoms with E-state index in [1.165, 1.54) is 70.6 Å². The van der Waals surface area contributed by atoms with Crippen LogP contribution in [0.15, 0.2) is 0 Å². The fourth-order valence-corrected chi connectivity index (χ4v) is 5.61. The Balaban J connectivity index is 2.06. The van der Waals surface area contributed by atoms with Gasteiger partial charge in [0.2, 0.25) is 0 Å². The highest BCUT2D eigenvalue weighted by atomic mass is 31.2. The average Bonchev–Trinajstić information content (AvgIpc) is 2.93. The number of esters is 1. The van der Waals surface area contributed by atoms with Crippen LogP contribution in [0.4, 0.5) is 0 Å². The zero-order chi connectivity index (χ0) is 30.0. The third-order valence-corrected chi connectivity index (χ3v) is 8.16. The van der Waals surface area contributed by atoms with E-state index in [0.29, 0.717) is 6.42 Å². The summed E-state index contributed by atoms with van der Waals surface area (Å²) in [5.41, 5.74) is 0. The summed E-state index contributed by atoms with van der Waals surface area (Å²) in [7, 11) is -4.98. The van der Waals surface area contributed by atoms with Crippen molar-refractivity contribution in [3.05, 3.63) is 0 Å². The van der Waals surface area contributed by atoms with Gasteiger partial charge in [0.25, 0.3) is 0 Å². The zero-order valence-corrected chi connectivity index (χ0v) is 24.8. The molecule has 1 rings (SSSR count). The highest BCUT2D eigenvalue weighted by Crippen LogP contribution is 2.47. The molecule has 1 aliphatic carbocycles. The minimum Gasteiger partial charge on any atom is -0.463 e. The summed E-state index contributed by atoms with van der Waals surface area (Å²) in [6.45, 7) is 0.989. The molecule has 7 N–H and O–H groups in total. The number of phosphoric ester groups is 1. The molecule has 4 unspecified atom stereocenters. The number of carbonyl (C=O) groups excluding carboxylic acids is 1. The SMILES string of the molecule is CCCCCCCCCCCCCCCCCC(=O)OCC(O)COP(=O)(O)OC1[C@@H](O)C(O)C(O)C(O)[C@@H]1O. The second kappa shape index (κ2) is 21.1. The lowest BCUT2D eigenvalue weighted by Gasteiger charge is -2.41. The van der Waals surface area contributed by atoms with Crippen molar-refractivity contribution >= 4 is 13.8 Å². The molecule has 0 amide bonds. The van der Waals surface area contributed by atoms with Gasteiger partial charge < -0.3 is 40.3 Å². The van der Waals surface area contributed by atoms with Crippen molar-refractivity contribution in [3.63, 3.8) is 0 Å². The van der Waals surface area contributed by atoms with Gasteiger partial charge >= 0.3 is 13.8 Å². The quantitative estimate of drug-likeness (QED) is 0.0513. The topological polar surface area (TPSA) is 203 Å². The molecule has 0 radical (unpaired) electrons. The molecule has 0 aliphatic heterocycles. The van der Waals surface area contributed by atoms with Crippen molar-refractivity contribution in [2.75, 3.05) is 13.2 Å². The van der Waals surface area contributed by atoms with Crippen LogP contribution < -0.4 is 0 Å². The number of ether oxygens (including phenoxy) is 1. The fourth-order valence-electron chi connectivity index (χ4n) is 4.64. The van der Waals surface area contributed by atoms with E-state index in [0.717, 1.165) is 19.3 Å². The van der Waals surface area contributed by atoms with Gasteiger partial charge in [0.15, 0.2) is 0 Å². The minimum absolute atomic E-state index is 0.196. The van der Waals surface area contributed by atoms with Crippen molar-refractivity contribution in [2.45, 2.75) is 152 Å². The number of rotatable bonds is 23. The normalized spacial score (nSPS) is 27.3. The fraction of sp³-hybridized carbons (Fsp3) is 0.963. The Morgan fingerprint density at radius 2 is 1.07 bits per heavy atom. The van der Waals surface area contributed by atoms with Crippen LogP contribution in [0, 0.1) is 0 Å². The van der Waals surface area contributed by atoms with Gasteiger partial charge in [0.05, 0.1) is 6.61 Å². The van der Waals surface area contributed by atoms with Gasteiger partial charge in [-0.25, -0.2) is 4.57 Å². The summed E-state index contributed by atoms with van der Waals surface area (Å²) in [6, 6.07) is 0. The first-order valence-corrected chi connectivity index (χ1v) is 16.4. The Bertz CT molecular complexity index is 695.